The predicted octanol–water partition coefficient (Wildman–Crippen LogP) is 0.545. The molecule has 0 aromatic carbocycles. The number of aliphatic carboxylic acids is 1. The van der Waals surface area contributed by atoms with Crippen molar-refractivity contribution in [3.63, 3.8) is 0 Å². The molecule has 0 aliphatic heterocycles. The van der Waals surface area contributed by atoms with Crippen LogP contribution in [-0.2, 0) is 19.4 Å². The molecular weight excluding hydrogens is 220 g/mol. The lowest BCUT2D eigenvalue weighted by Crippen LogP contribution is -2.41. The molecule has 0 radical (unpaired) electrons. The van der Waals surface area contributed by atoms with Crippen molar-refractivity contribution in [2.24, 2.45) is 5.92 Å². The van der Waals surface area contributed by atoms with Crippen molar-refractivity contribution in [1.29, 1.82) is 0 Å². The second-order valence-electron chi connectivity index (χ2n) is 3.86. The van der Waals surface area contributed by atoms with Crippen LogP contribution in [0.2, 0.25) is 0 Å². The SMILES string of the molecule is COCC(C)S(=O)(=O)C(C(=O)O)C(C)C. The van der Waals surface area contributed by atoms with Gasteiger partial charge in [-0.15, -0.1) is 0 Å². The van der Waals surface area contributed by atoms with E-state index in [2.05, 4.69) is 0 Å². The highest BCUT2D eigenvalue weighted by Crippen LogP contribution is 2.18. The predicted molar refractivity (Wildman–Crippen MR) is 56.5 cm³/mol. The molecule has 0 rings (SSSR count). The molecule has 5 nitrogen and oxygen atoms in total. The van der Waals surface area contributed by atoms with Crippen LogP contribution in [-0.4, -0.2) is 43.7 Å². The van der Waals surface area contributed by atoms with Gasteiger partial charge in [0.2, 0.25) is 0 Å². The minimum Gasteiger partial charge on any atom is -0.480 e. The van der Waals surface area contributed by atoms with E-state index in [0.29, 0.717) is 0 Å². The number of hydrogen-bond acceptors (Lipinski definition) is 4. The summed E-state index contributed by atoms with van der Waals surface area (Å²) in [5.74, 6) is -1.75. The van der Waals surface area contributed by atoms with Crippen LogP contribution in [0, 0.1) is 5.92 Å². The van der Waals surface area contributed by atoms with Gasteiger partial charge in [0.25, 0.3) is 0 Å². The molecule has 2 unspecified atom stereocenters. The summed E-state index contributed by atoms with van der Waals surface area (Å²) in [5, 5.41) is 6.72. The maximum absolute atomic E-state index is 11.8. The van der Waals surface area contributed by atoms with Crippen molar-refractivity contribution in [2.75, 3.05) is 13.7 Å². The lowest BCUT2D eigenvalue weighted by Gasteiger charge is -2.20. The van der Waals surface area contributed by atoms with Crippen molar-refractivity contribution in [2.45, 2.75) is 31.3 Å². The molecular formula is C9H18O5S. The normalized spacial score (nSPS) is 16.3. The number of carbonyl (C=O) groups is 1. The molecule has 2 atom stereocenters. The van der Waals surface area contributed by atoms with E-state index in [4.69, 9.17) is 9.84 Å². The molecule has 0 saturated carbocycles. The molecule has 0 saturated heterocycles. The highest BCUT2D eigenvalue weighted by atomic mass is 32.2. The van der Waals surface area contributed by atoms with E-state index in [1.807, 2.05) is 0 Å². The average molecular weight is 238 g/mol. The molecule has 6 heteroatoms. The Labute approximate surface area is 90.4 Å². The van der Waals surface area contributed by atoms with E-state index in [1.165, 1.54) is 14.0 Å². The highest BCUT2D eigenvalue weighted by molar-refractivity contribution is 7.93. The van der Waals surface area contributed by atoms with Crippen molar-refractivity contribution in [1.82, 2.24) is 0 Å². The lowest BCUT2D eigenvalue weighted by molar-refractivity contribution is -0.137. The largest absolute Gasteiger partial charge is 0.480 e. The third-order valence-corrected chi connectivity index (χ3v) is 4.88. The topological polar surface area (TPSA) is 80.7 Å². The smallest absolute Gasteiger partial charge is 0.322 e. The number of rotatable bonds is 6. The zero-order valence-electron chi connectivity index (χ0n) is 9.43. The van der Waals surface area contributed by atoms with Gasteiger partial charge in [0.1, 0.15) is 0 Å². The maximum atomic E-state index is 11.8. The van der Waals surface area contributed by atoms with Gasteiger partial charge in [-0.2, -0.15) is 0 Å². The van der Waals surface area contributed by atoms with E-state index in [1.54, 1.807) is 13.8 Å². The number of methoxy groups -OCH3 is 1. The highest BCUT2D eigenvalue weighted by Gasteiger charge is 2.38. The van der Waals surface area contributed by atoms with Gasteiger partial charge in [0, 0.05) is 7.11 Å². The first-order chi connectivity index (χ1) is 6.75. The molecule has 0 bridgehead atoms. The Morgan fingerprint density at radius 3 is 2.07 bits per heavy atom. The second kappa shape index (κ2) is 5.46. The number of hydrogen-bond donors (Lipinski definition) is 1. The number of ether oxygens (including phenoxy) is 1. The third-order valence-electron chi connectivity index (χ3n) is 2.17. The minimum atomic E-state index is -3.69. The fourth-order valence-corrected chi connectivity index (χ4v) is 3.25. The van der Waals surface area contributed by atoms with Crippen LogP contribution in [0.25, 0.3) is 0 Å². The van der Waals surface area contributed by atoms with Crippen LogP contribution < -0.4 is 0 Å². The molecule has 15 heavy (non-hydrogen) atoms. The summed E-state index contributed by atoms with van der Waals surface area (Å²) in [6.07, 6.45) is 0. The fraction of sp³-hybridized carbons (Fsp3) is 0.889. The fourth-order valence-electron chi connectivity index (χ4n) is 1.38. The molecule has 0 aliphatic rings. The Morgan fingerprint density at radius 1 is 1.33 bits per heavy atom. The van der Waals surface area contributed by atoms with Crippen LogP contribution >= 0.6 is 0 Å². The Bertz CT molecular complexity index is 306. The summed E-state index contributed by atoms with van der Waals surface area (Å²) < 4.78 is 28.4. The molecule has 0 aromatic rings. The van der Waals surface area contributed by atoms with Gasteiger partial charge in [-0.25, -0.2) is 8.42 Å². The molecule has 90 valence electrons. The maximum Gasteiger partial charge on any atom is 0.322 e. The van der Waals surface area contributed by atoms with Gasteiger partial charge >= 0.3 is 5.97 Å². The van der Waals surface area contributed by atoms with Gasteiger partial charge in [-0.3, -0.25) is 4.79 Å². The monoisotopic (exact) mass is 238 g/mol. The standard InChI is InChI=1S/C9H18O5S/c1-6(2)8(9(10)11)15(12,13)7(3)5-14-4/h6-8H,5H2,1-4H3,(H,10,11). The van der Waals surface area contributed by atoms with Crippen LogP contribution in [0.5, 0.6) is 0 Å². The summed E-state index contributed by atoms with van der Waals surface area (Å²) in [5.41, 5.74) is 0. The summed E-state index contributed by atoms with van der Waals surface area (Å²) in [7, 11) is -2.30. The average Bonchev–Trinajstić information content (AvgIpc) is 2.01. The molecule has 0 spiro atoms. The number of carboxylic acid groups (broad SMARTS) is 1. The Morgan fingerprint density at radius 2 is 1.80 bits per heavy atom. The lowest BCUT2D eigenvalue weighted by atomic mass is 10.1. The van der Waals surface area contributed by atoms with Gasteiger partial charge in [0.05, 0.1) is 11.9 Å². The summed E-state index contributed by atoms with van der Waals surface area (Å²) in [6, 6.07) is 0. The van der Waals surface area contributed by atoms with E-state index in [0.717, 1.165) is 0 Å². The Kier molecular flexibility index (Phi) is 5.23. The van der Waals surface area contributed by atoms with Crippen molar-refractivity contribution >= 4 is 15.8 Å². The summed E-state index contributed by atoms with van der Waals surface area (Å²) in [4.78, 5) is 10.9. The quantitative estimate of drug-likeness (QED) is 0.730. The van der Waals surface area contributed by atoms with E-state index in [-0.39, 0.29) is 6.61 Å². The number of sulfone groups is 1. The molecule has 1 N–H and O–H groups in total. The minimum absolute atomic E-state index is 0.0127. The summed E-state index contributed by atoms with van der Waals surface area (Å²) in [6.45, 7) is 4.63. The number of carboxylic acids is 1. The van der Waals surface area contributed by atoms with Crippen LogP contribution in [0.3, 0.4) is 0 Å². The molecule has 0 fully saturated rings. The third kappa shape index (κ3) is 3.46. The zero-order valence-corrected chi connectivity index (χ0v) is 10.2. The van der Waals surface area contributed by atoms with Crippen molar-refractivity contribution in [3.05, 3.63) is 0 Å². The molecule has 0 aliphatic carbocycles. The summed E-state index contributed by atoms with van der Waals surface area (Å²) >= 11 is 0. The molecule has 0 heterocycles. The first kappa shape index (κ1) is 14.4. The molecule has 0 amide bonds. The first-order valence-electron chi connectivity index (χ1n) is 4.69. The van der Waals surface area contributed by atoms with Gasteiger partial charge in [0.15, 0.2) is 15.1 Å². The van der Waals surface area contributed by atoms with E-state index >= 15 is 0 Å². The van der Waals surface area contributed by atoms with Crippen LogP contribution in [0.15, 0.2) is 0 Å². The van der Waals surface area contributed by atoms with Crippen LogP contribution in [0.1, 0.15) is 20.8 Å². The first-order valence-corrected chi connectivity index (χ1v) is 6.30. The van der Waals surface area contributed by atoms with Gasteiger partial charge in [-0.1, -0.05) is 13.8 Å². The zero-order chi connectivity index (χ0) is 12.2. The van der Waals surface area contributed by atoms with Gasteiger partial charge in [-0.05, 0) is 12.8 Å². The van der Waals surface area contributed by atoms with Gasteiger partial charge < -0.3 is 9.84 Å². The van der Waals surface area contributed by atoms with Crippen LogP contribution in [0.4, 0.5) is 0 Å². The van der Waals surface area contributed by atoms with Crippen molar-refractivity contribution in [3.8, 4) is 0 Å². The Hall–Kier alpha value is -0.620. The second-order valence-corrected chi connectivity index (χ2v) is 6.35. The Balaban J connectivity index is 5.05. The molecule has 0 aromatic heterocycles. The van der Waals surface area contributed by atoms with E-state index < -0.39 is 32.2 Å². The van der Waals surface area contributed by atoms with E-state index in [9.17, 15) is 13.2 Å². The van der Waals surface area contributed by atoms with Crippen molar-refractivity contribution < 1.29 is 23.1 Å².